The highest BCUT2D eigenvalue weighted by Gasteiger charge is 2.05. The van der Waals surface area contributed by atoms with Crippen molar-refractivity contribution in [2.24, 2.45) is 0 Å². The lowest BCUT2D eigenvalue weighted by molar-refractivity contribution is 0.262. The van der Waals surface area contributed by atoms with E-state index in [0.717, 1.165) is 20.5 Å². The summed E-state index contributed by atoms with van der Waals surface area (Å²) < 4.78 is 1.15. The minimum atomic E-state index is -0.229. The third-order valence-electron chi connectivity index (χ3n) is 2.75. The zero-order valence-electron chi connectivity index (χ0n) is 10.8. The monoisotopic (exact) mass is 366 g/mol. The van der Waals surface area contributed by atoms with Gasteiger partial charge >= 0.3 is 6.03 Å². The molecule has 0 saturated heterocycles. The summed E-state index contributed by atoms with van der Waals surface area (Å²) in [5.41, 5.74) is 3.82. The van der Waals surface area contributed by atoms with Gasteiger partial charge in [0.05, 0.1) is 0 Å². The Balaban J connectivity index is 2.03. The molecule has 2 N–H and O–H groups in total. The first-order valence-electron chi connectivity index (χ1n) is 5.95. The number of aryl methyl sites for hydroxylation is 2. The Hall–Kier alpha value is -1.56. The van der Waals surface area contributed by atoms with Gasteiger partial charge in [0.1, 0.15) is 0 Å². The molecule has 0 bridgehead atoms. The molecule has 3 nitrogen and oxygen atoms in total. The van der Waals surface area contributed by atoms with Crippen LogP contribution in [0.25, 0.3) is 0 Å². The lowest BCUT2D eigenvalue weighted by Gasteiger charge is -2.10. The zero-order valence-corrected chi connectivity index (χ0v) is 13.0. The van der Waals surface area contributed by atoms with Crippen LogP contribution in [-0.2, 0) is 0 Å². The van der Waals surface area contributed by atoms with Crippen molar-refractivity contribution in [3.05, 3.63) is 57.2 Å². The molecule has 0 aliphatic heterocycles. The van der Waals surface area contributed by atoms with E-state index in [1.54, 1.807) is 0 Å². The van der Waals surface area contributed by atoms with Crippen molar-refractivity contribution in [1.82, 2.24) is 0 Å². The molecule has 0 aliphatic carbocycles. The average molecular weight is 366 g/mol. The molecule has 2 aromatic carbocycles. The van der Waals surface area contributed by atoms with Gasteiger partial charge in [-0.15, -0.1) is 0 Å². The Labute approximate surface area is 126 Å². The number of amides is 2. The normalized spacial score (nSPS) is 10.1. The molecule has 4 heteroatoms. The van der Waals surface area contributed by atoms with Crippen LogP contribution in [0.5, 0.6) is 0 Å². The molecular weight excluding hydrogens is 351 g/mol. The van der Waals surface area contributed by atoms with Crippen molar-refractivity contribution in [2.75, 3.05) is 10.6 Å². The molecular formula is C15H15IN2O. The maximum Gasteiger partial charge on any atom is 0.323 e. The van der Waals surface area contributed by atoms with E-state index >= 15 is 0 Å². The molecule has 0 aromatic heterocycles. The Bertz CT molecular complexity index is 594. The van der Waals surface area contributed by atoms with Crippen molar-refractivity contribution in [1.29, 1.82) is 0 Å². The molecule has 0 aliphatic rings. The van der Waals surface area contributed by atoms with E-state index in [0.29, 0.717) is 0 Å². The molecule has 0 unspecified atom stereocenters. The van der Waals surface area contributed by atoms with Crippen molar-refractivity contribution < 1.29 is 4.79 Å². The van der Waals surface area contributed by atoms with Gasteiger partial charge < -0.3 is 10.6 Å². The second-order valence-corrected chi connectivity index (χ2v) is 5.65. The van der Waals surface area contributed by atoms with Gasteiger partial charge in [0.25, 0.3) is 0 Å². The predicted molar refractivity (Wildman–Crippen MR) is 87.7 cm³/mol. The van der Waals surface area contributed by atoms with Gasteiger partial charge in [-0.3, -0.25) is 0 Å². The fourth-order valence-corrected chi connectivity index (χ4v) is 2.34. The van der Waals surface area contributed by atoms with Gasteiger partial charge in [0, 0.05) is 14.9 Å². The first-order chi connectivity index (χ1) is 9.04. The van der Waals surface area contributed by atoms with Crippen molar-refractivity contribution >= 4 is 40.0 Å². The zero-order chi connectivity index (χ0) is 13.8. The fourth-order valence-electron chi connectivity index (χ4n) is 1.69. The van der Waals surface area contributed by atoms with Crippen LogP contribution >= 0.6 is 22.6 Å². The van der Waals surface area contributed by atoms with Gasteiger partial charge in [-0.1, -0.05) is 17.7 Å². The van der Waals surface area contributed by atoms with Gasteiger partial charge in [0.15, 0.2) is 0 Å². The Morgan fingerprint density at radius 2 is 1.68 bits per heavy atom. The van der Waals surface area contributed by atoms with E-state index < -0.39 is 0 Å². The molecule has 2 aromatic rings. The highest BCUT2D eigenvalue weighted by molar-refractivity contribution is 14.1. The maximum atomic E-state index is 11.9. The lowest BCUT2D eigenvalue weighted by Crippen LogP contribution is -2.19. The summed E-state index contributed by atoms with van der Waals surface area (Å²) >= 11 is 2.25. The molecule has 2 rings (SSSR count). The number of carbonyl (C=O) groups is 1. The standard InChI is InChI=1S/C15H15IN2O/c1-10-3-6-13(7-4-10)17-15(19)18-14-8-5-12(16)9-11(14)2/h3-9H,1-2H3,(H2,17,18,19). The minimum Gasteiger partial charge on any atom is -0.308 e. The van der Waals surface area contributed by atoms with Crippen LogP contribution in [0.3, 0.4) is 0 Å². The van der Waals surface area contributed by atoms with Crippen molar-refractivity contribution in [2.45, 2.75) is 13.8 Å². The largest absolute Gasteiger partial charge is 0.323 e. The van der Waals surface area contributed by atoms with E-state index in [1.165, 1.54) is 5.56 Å². The molecule has 0 radical (unpaired) electrons. The summed E-state index contributed by atoms with van der Waals surface area (Å²) in [5.74, 6) is 0. The number of rotatable bonds is 2. The molecule has 2 amide bonds. The smallest absolute Gasteiger partial charge is 0.308 e. The van der Waals surface area contributed by atoms with E-state index in [1.807, 2.05) is 56.3 Å². The number of halogens is 1. The first-order valence-corrected chi connectivity index (χ1v) is 7.03. The van der Waals surface area contributed by atoms with Crippen LogP contribution in [0.4, 0.5) is 16.2 Å². The quantitative estimate of drug-likeness (QED) is 0.753. The second kappa shape index (κ2) is 6.06. The highest BCUT2D eigenvalue weighted by atomic mass is 127. The lowest BCUT2D eigenvalue weighted by atomic mass is 10.2. The summed E-state index contributed by atoms with van der Waals surface area (Å²) in [6, 6.07) is 13.4. The molecule has 0 saturated carbocycles. The Morgan fingerprint density at radius 1 is 1.00 bits per heavy atom. The first kappa shape index (κ1) is 13.9. The molecule has 0 atom stereocenters. The second-order valence-electron chi connectivity index (χ2n) is 4.40. The number of nitrogens with one attached hydrogen (secondary N) is 2. The van der Waals surface area contributed by atoms with Crippen LogP contribution in [0.15, 0.2) is 42.5 Å². The predicted octanol–water partition coefficient (Wildman–Crippen LogP) is 4.55. The number of carbonyl (C=O) groups excluding carboxylic acids is 1. The number of anilines is 2. The van der Waals surface area contributed by atoms with Crippen LogP contribution in [0, 0.1) is 17.4 Å². The number of urea groups is 1. The van der Waals surface area contributed by atoms with Gasteiger partial charge in [-0.25, -0.2) is 4.79 Å². The average Bonchev–Trinajstić information content (AvgIpc) is 2.36. The Morgan fingerprint density at radius 3 is 2.32 bits per heavy atom. The number of hydrogen-bond acceptors (Lipinski definition) is 1. The van der Waals surface area contributed by atoms with E-state index in [2.05, 4.69) is 33.2 Å². The third kappa shape index (κ3) is 3.96. The van der Waals surface area contributed by atoms with Crippen molar-refractivity contribution in [3.63, 3.8) is 0 Å². The maximum absolute atomic E-state index is 11.9. The van der Waals surface area contributed by atoms with E-state index in [4.69, 9.17) is 0 Å². The molecule has 0 spiro atoms. The molecule has 19 heavy (non-hydrogen) atoms. The summed E-state index contributed by atoms with van der Waals surface area (Å²) in [6.45, 7) is 3.99. The van der Waals surface area contributed by atoms with Crippen LogP contribution in [-0.4, -0.2) is 6.03 Å². The minimum absolute atomic E-state index is 0.229. The van der Waals surface area contributed by atoms with Crippen molar-refractivity contribution in [3.8, 4) is 0 Å². The molecule has 0 heterocycles. The Kier molecular flexibility index (Phi) is 4.42. The van der Waals surface area contributed by atoms with Crippen LogP contribution in [0.1, 0.15) is 11.1 Å². The number of hydrogen-bond donors (Lipinski definition) is 2. The SMILES string of the molecule is Cc1ccc(NC(=O)Nc2ccc(I)cc2C)cc1. The topological polar surface area (TPSA) is 41.1 Å². The van der Waals surface area contributed by atoms with Gasteiger partial charge in [-0.2, -0.15) is 0 Å². The summed E-state index contributed by atoms with van der Waals surface area (Å²) in [6.07, 6.45) is 0. The number of benzene rings is 2. The van der Waals surface area contributed by atoms with Gasteiger partial charge in [-0.05, 0) is 72.3 Å². The summed E-state index contributed by atoms with van der Waals surface area (Å²) in [7, 11) is 0. The van der Waals surface area contributed by atoms with Crippen LogP contribution < -0.4 is 10.6 Å². The molecule has 0 fully saturated rings. The van der Waals surface area contributed by atoms with E-state index in [9.17, 15) is 4.79 Å². The fraction of sp³-hybridized carbons (Fsp3) is 0.133. The highest BCUT2D eigenvalue weighted by Crippen LogP contribution is 2.18. The third-order valence-corrected chi connectivity index (χ3v) is 3.42. The van der Waals surface area contributed by atoms with E-state index in [-0.39, 0.29) is 6.03 Å². The summed E-state index contributed by atoms with van der Waals surface area (Å²) in [5, 5.41) is 5.65. The van der Waals surface area contributed by atoms with Gasteiger partial charge in [0.2, 0.25) is 0 Å². The molecule has 98 valence electrons. The summed E-state index contributed by atoms with van der Waals surface area (Å²) in [4.78, 5) is 11.9. The van der Waals surface area contributed by atoms with Crippen LogP contribution in [0.2, 0.25) is 0 Å².